The normalized spacial score (nSPS) is 12.1. The molecule has 0 saturated carbocycles. The molecule has 0 aliphatic rings. The number of aryl methyl sites for hydroxylation is 1. The SMILES string of the molecule is Cc1cccc(/C=C/c2cccc(C(N)c3cccs3)c2)n1.Cl. The second-order valence-corrected chi connectivity index (χ2v) is 6.18. The van der Waals surface area contributed by atoms with E-state index in [4.69, 9.17) is 5.73 Å². The summed E-state index contributed by atoms with van der Waals surface area (Å²) >= 11 is 1.69. The number of hydrogen-bond donors (Lipinski definition) is 1. The molecule has 0 spiro atoms. The molecular weight excluding hydrogens is 324 g/mol. The molecule has 0 aliphatic heterocycles. The molecule has 0 fully saturated rings. The van der Waals surface area contributed by atoms with E-state index >= 15 is 0 Å². The van der Waals surface area contributed by atoms with E-state index in [0.717, 1.165) is 22.5 Å². The van der Waals surface area contributed by atoms with Crippen molar-refractivity contribution in [2.75, 3.05) is 0 Å². The van der Waals surface area contributed by atoms with Gasteiger partial charge in [-0.1, -0.05) is 36.4 Å². The molecule has 2 nitrogen and oxygen atoms in total. The molecule has 1 aromatic carbocycles. The van der Waals surface area contributed by atoms with Gasteiger partial charge in [0.05, 0.1) is 11.7 Å². The van der Waals surface area contributed by atoms with Crippen LogP contribution in [0.3, 0.4) is 0 Å². The summed E-state index contributed by atoms with van der Waals surface area (Å²) in [5, 5.41) is 2.06. The van der Waals surface area contributed by atoms with E-state index in [9.17, 15) is 0 Å². The minimum Gasteiger partial charge on any atom is -0.320 e. The number of rotatable bonds is 4. The maximum absolute atomic E-state index is 6.33. The van der Waals surface area contributed by atoms with Crippen LogP contribution in [0.4, 0.5) is 0 Å². The van der Waals surface area contributed by atoms with E-state index in [2.05, 4.69) is 40.7 Å². The van der Waals surface area contributed by atoms with Gasteiger partial charge in [-0.05, 0) is 53.8 Å². The fraction of sp³-hybridized carbons (Fsp3) is 0.105. The van der Waals surface area contributed by atoms with E-state index in [1.165, 1.54) is 4.88 Å². The smallest absolute Gasteiger partial charge is 0.0646 e. The molecule has 1 atom stereocenters. The molecular formula is C19H19ClN2S. The van der Waals surface area contributed by atoms with Crippen molar-refractivity contribution >= 4 is 35.9 Å². The van der Waals surface area contributed by atoms with E-state index in [1.807, 2.05) is 43.3 Å². The van der Waals surface area contributed by atoms with Crippen LogP contribution in [0.5, 0.6) is 0 Å². The topological polar surface area (TPSA) is 38.9 Å². The van der Waals surface area contributed by atoms with E-state index < -0.39 is 0 Å². The van der Waals surface area contributed by atoms with Crippen molar-refractivity contribution in [1.82, 2.24) is 4.98 Å². The number of halogens is 1. The van der Waals surface area contributed by atoms with Crippen LogP contribution in [0.25, 0.3) is 12.2 Å². The van der Waals surface area contributed by atoms with Crippen LogP contribution in [-0.2, 0) is 0 Å². The molecule has 0 bridgehead atoms. The highest BCUT2D eigenvalue weighted by molar-refractivity contribution is 7.10. The molecule has 118 valence electrons. The molecule has 2 N–H and O–H groups in total. The zero-order valence-corrected chi connectivity index (χ0v) is 14.5. The number of nitrogens with zero attached hydrogens (tertiary/aromatic N) is 1. The Bertz CT molecular complexity index is 782. The third-order valence-corrected chi connectivity index (χ3v) is 4.43. The Kier molecular flexibility index (Phi) is 6.11. The van der Waals surface area contributed by atoms with Crippen molar-refractivity contribution < 1.29 is 0 Å². The highest BCUT2D eigenvalue weighted by Gasteiger charge is 2.09. The number of hydrogen-bond acceptors (Lipinski definition) is 3. The van der Waals surface area contributed by atoms with Crippen LogP contribution in [0.1, 0.15) is 33.4 Å². The zero-order valence-electron chi connectivity index (χ0n) is 12.8. The number of thiophene rings is 1. The first-order valence-electron chi connectivity index (χ1n) is 7.23. The third-order valence-electron chi connectivity index (χ3n) is 3.48. The molecule has 0 amide bonds. The lowest BCUT2D eigenvalue weighted by atomic mass is 10.0. The molecule has 2 heterocycles. The van der Waals surface area contributed by atoms with E-state index in [-0.39, 0.29) is 18.4 Å². The minimum atomic E-state index is -0.0644. The van der Waals surface area contributed by atoms with Gasteiger partial charge in [-0.25, -0.2) is 0 Å². The highest BCUT2D eigenvalue weighted by atomic mass is 35.5. The van der Waals surface area contributed by atoms with Crippen molar-refractivity contribution in [2.24, 2.45) is 5.73 Å². The minimum absolute atomic E-state index is 0. The maximum Gasteiger partial charge on any atom is 0.0646 e. The second-order valence-electron chi connectivity index (χ2n) is 5.20. The fourth-order valence-electron chi connectivity index (χ4n) is 2.33. The van der Waals surface area contributed by atoms with Gasteiger partial charge in [-0.2, -0.15) is 0 Å². The standard InChI is InChI=1S/C19H18N2S.ClH/c1-14-5-2-8-17(21-14)11-10-15-6-3-7-16(13-15)19(20)18-9-4-12-22-18;/h2-13,19H,20H2,1H3;1H/b11-10+;. The summed E-state index contributed by atoms with van der Waals surface area (Å²) in [4.78, 5) is 5.66. The van der Waals surface area contributed by atoms with Gasteiger partial charge < -0.3 is 5.73 Å². The lowest BCUT2D eigenvalue weighted by Gasteiger charge is -2.10. The number of pyridine rings is 1. The van der Waals surface area contributed by atoms with Gasteiger partial charge in [0.2, 0.25) is 0 Å². The van der Waals surface area contributed by atoms with Crippen molar-refractivity contribution in [2.45, 2.75) is 13.0 Å². The van der Waals surface area contributed by atoms with Crippen LogP contribution in [0.15, 0.2) is 60.0 Å². The summed E-state index contributed by atoms with van der Waals surface area (Å²) in [7, 11) is 0. The Hall–Kier alpha value is -1.94. The Morgan fingerprint density at radius 2 is 1.87 bits per heavy atom. The van der Waals surface area contributed by atoms with Crippen LogP contribution < -0.4 is 5.73 Å². The second kappa shape index (κ2) is 8.06. The molecule has 23 heavy (non-hydrogen) atoms. The van der Waals surface area contributed by atoms with E-state index in [0.29, 0.717) is 0 Å². The first-order valence-corrected chi connectivity index (χ1v) is 8.11. The quantitative estimate of drug-likeness (QED) is 0.717. The van der Waals surface area contributed by atoms with Crippen molar-refractivity contribution in [3.05, 3.63) is 87.4 Å². The molecule has 3 rings (SSSR count). The molecule has 0 radical (unpaired) electrons. The highest BCUT2D eigenvalue weighted by Crippen LogP contribution is 2.24. The van der Waals surface area contributed by atoms with Crippen molar-refractivity contribution in [1.29, 1.82) is 0 Å². The van der Waals surface area contributed by atoms with Gasteiger partial charge in [0.1, 0.15) is 0 Å². The zero-order chi connectivity index (χ0) is 15.4. The number of aromatic nitrogens is 1. The Morgan fingerprint density at radius 1 is 1.04 bits per heavy atom. The number of benzene rings is 1. The van der Waals surface area contributed by atoms with Gasteiger partial charge >= 0.3 is 0 Å². The molecule has 1 unspecified atom stereocenters. The maximum atomic E-state index is 6.33. The van der Waals surface area contributed by atoms with Gasteiger partial charge in [-0.3, -0.25) is 4.98 Å². The molecule has 2 aromatic heterocycles. The van der Waals surface area contributed by atoms with Crippen LogP contribution in [-0.4, -0.2) is 4.98 Å². The first-order chi connectivity index (χ1) is 10.7. The van der Waals surface area contributed by atoms with Crippen LogP contribution in [0, 0.1) is 6.92 Å². The summed E-state index contributed by atoms with van der Waals surface area (Å²) in [5.74, 6) is 0. The fourth-order valence-corrected chi connectivity index (χ4v) is 3.08. The third kappa shape index (κ3) is 4.52. The van der Waals surface area contributed by atoms with Gasteiger partial charge in [0.15, 0.2) is 0 Å². The lowest BCUT2D eigenvalue weighted by molar-refractivity contribution is 0.893. The average Bonchev–Trinajstić information content (AvgIpc) is 3.07. The van der Waals surface area contributed by atoms with E-state index in [1.54, 1.807) is 11.3 Å². The largest absolute Gasteiger partial charge is 0.320 e. The van der Waals surface area contributed by atoms with Crippen molar-refractivity contribution in [3.8, 4) is 0 Å². The number of nitrogens with two attached hydrogens (primary N) is 1. The molecule has 0 aliphatic carbocycles. The van der Waals surface area contributed by atoms with Gasteiger partial charge in [-0.15, -0.1) is 23.7 Å². The van der Waals surface area contributed by atoms with Crippen LogP contribution >= 0.6 is 23.7 Å². The van der Waals surface area contributed by atoms with Crippen molar-refractivity contribution in [3.63, 3.8) is 0 Å². The summed E-state index contributed by atoms with van der Waals surface area (Å²) in [6, 6.07) is 18.4. The summed E-state index contributed by atoms with van der Waals surface area (Å²) in [6.45, 7) is 2.00. The van der Waals surface area contributed by atoms with Crippen LogP contribution in [0.2, 0.25) is 0 Å². The first kappa shape index (κ1) is 17.4. The van der Waals surface area contributed by atoms with Gasteiger partial charge in [0.25, 0.3) is 0 Å². The summed E-state index contributed by atoms with van der Waals surface area (Å²) < 4.78 is 0. The summed E-state index contributed by atoms with van der Waals surface area (Å²) in [6.07, 6.45) is 4.11. The van der Waals surface area contributed by atoms with Gasteiger partial charge in [0, 0.05) is 10.6 Å². The molecule has 3 aromatic rings. The Balaban J connectivity index is 0.00000192. The summed E-state index contributed by atoms with van der Waals surface area (Å²) in [5.41, 5.74) is 10.6. The molecule has 0 saturated heterocycles. The Morgan fingerprint density at radius 3 is 2.61 bits per heavy atom. The monoisotopic (exact) mass is 342 g/mol. The average molecular weight is 343 g/mol. The predicted molar refractivity (Wildman–Crippen MR) is 102 cm³/mol. The lowest BCUT2D eigenvalue weighted by Crippen LogP contribution is -2.10. The Labute approximate surface area is 147 Å². The molecule has 4 heteroatoms. The predicted octanol–water partition coefficient (Wildman–Crippen LogP) is 5.09.